The normalized spacial score (nSPS) is 24.5. The molecule has 4 rings (SSSR count). The molecule has 1 fully saturated rings. The Morgan fingerprint density at radius 1 is 1.29 bits per heavy atom. The summed E-state index contributed by atoms with van der Waals surface area (Å²) in [6.45, 7) is -0.350. The lowest BCUT2D eigenvalue weighted by molar-refractivity contribution is -0.0583. The maximum absolute atomic E-state index is 12.4. The maximum atomic E-state index is 12.4. The largest absolute Gasteiger partial charge is 0.394 e. The molecule has 0 aliphatic carbocycles. The van der Waals surface area contributed by atoms with Crippen molar-refractivity contribution in [2.24, 2.45) is 0 Å². The highest BCUT2D eigenvalue weighted by Gasteiger charge is 2.45. The van der Waals surface area contributed by atoms with Gasteiger partial charge in [0.15, 0.2) is 23.2 Å². The molecule has 10 nitrogen and oxygen atoms in total. The number of amides is 1. The van der Waals surface area contributed by atoms with Gasteiger partial charge in [0, 0.05) is 12.7 Å². The van der Waals surface area contributed by atoms with Crippen LogP contribution in [0.5, 0.6) is 0 Å². The second-order valence-electron chi connectivity index (χ2n) is 6.31. The Morgan fingerprint density at radius 3 is 2.79 bits per heavy atom. The van der Waals surface area contributed by atoms with Crippen LogP contribution in [0, 0.1) is 0 Å². The average Bonchev–Trinajstić information content (AvgIpc) is 3.29. The number of aliphatic hydroxyl groups excluding tert-OH is 2. The Morgan fingerprint density at radius 2 is 2.07 bits per heavy atom. The first-order chi connectivity index (χ1) is 13.6. The average molecular weight is 385 g/mol. The van der Waals surface area contributed by atoms with E-state index in [0.29, 0.717) is 16.7 Å². The Bertz CT molecular complexity index is 979. The van der Waals surface area contributed by atoms with Crippen LogP contribution in [0.15, 0.2) is 43.0 Å². The molecule has 10 heteroatoms. The molecule has 1 saturated heterocycles. The molecule has 1 aliphatic rings. The molecule has 3 unspecified atom stereocenters. The Kier molecular flexibility index (Phi) is 5.01. The van der Waals surface area contributed by atoms with Gasteiger partial charge in [-0.3, -0.25) is 9.36 Å². The molecule has 3 N–H and O–H groups in total. The minimum absolute atomic E-state index is 0.254. The molecule has 1 aliphatic heterocycles. The molecule has 0 bridgehead atoms. The summed E-state index contributed by atoms with van der Waals surface area (Å²) in [7, 11) is 1.45. The summed E-state index contributed by atoms with van der Waals surface area (Å²) in [4.78, 5) is 25.1. The first kappa shape index (κ1) is 18.4. The van der Waals surface area contributed by atoms with E-state index in [1.807, 2.05) is 6.07 Å². The molecule has 0 spiro atoms. The number of rotatable bonds is 5. The van der Waals surface area contributed by atoms with Gasteiger partial charge in [0.1, 0.15) is 24.6 Å². The highest BCUT2D eigenvalue weighted by atomic mass is 16.6. The Balaban J connectivity index is 1.66. The molecule has 1 aromatic carbocycles. The van der Waals surface area contributed by atoms with Crippen molar-refractivity contribution in [1.82, 2.24) is 19.5 Å². The third kappa shape index (κ3) is 3.12. The van der Waals surface area contributed by atoms with Crippen molar-refractivity contribution in [2.45, 2.75) is 24.5 Å². The van der Waals surface area contributed by atoms with E-state index in [0.717, 1.165) is 0 Å². The number of imidazole rings is 1. The van der Waals surface area contributed by atoms with Gasteiger partial charge in [0.25, 0.3) is 5.91 Å². The number of aliphatic hydroxyl groups is 2. The summed E-state index contributed by atoms with van der Waals surface area (Å²) in [5.74, 6) is -0.0679. The number of hydrogen-bond donors (Lipinski definition) is 3. The molecule has 3 heterocycles. The van der Waals surface area contributed by atoms with E-state index < -0.39 is 24.5 Å². The predicted octanol–water partition coefficient (Wildman–Crippen LogP) is 0.344. The van der Waals surface area contributed by atoms with Crippen molar-refractivity contribution in [3.8, 4) is 0 Å². The van der Waals surface area contributed by atoms with Gasteiger partial charge < -0.3 is 25.0 Å². The molecular formula is C18H19N5O5. The third-order valence-corrected chi connectivity index (χ3v) is 4.67. The molecule has 146 valence electrons. The lowest BCUT2D eigenvalue weighted by Gasteiger charge is -2.19. The van der Waals surface area contributed by atoms with Crippen molar-refractivity contribution in [2.75, 3.05) is 19.0 Å². The molecule has 0 saturated carbocycles. The van der Waals surface area contributed by atoms with Crippen molar-refractivity contribution in [3.63, 3.8) is 0 Å². The molecule has 2 aromatic heterocycles. The summed E-state index contributed by atoms with van der Waals surface area (Å²) >= 11 is 0. The first-order valence-electron chi connectivity index (χ1n) is 8.65. The van der Waals surface area contributed by atoms with E-state index in [1.165, 1.54) is 19.8 Å². The van der Waals surface area contributed by atoms with Gasteiger partial charge in [-0.2, -0.15) is 0 Å². The second-order valence-corrected chi connectivity index (χ2v) is 6.31. The Hall–Kier alpha value is -2.92. The van der Waals surface area contributed by atoms with Crippen LogP contribution in [0.4, 0.5) is 5.82 Å². The third-order valence-electron chi connectivity index (χ3n) is 4.67. The smallest absolute Gasteiger partial charge is 0.256 e. The van der Waals surface area contributed by atoms with Crippen molar-refractivity contribution < 1.29 is 24.5 Å². The summed E-state index contributed by atoms with van der Waals surface area (Å²) in [5.41, 5.74) is 1.25. The lowest BCUT2D eigenvalue weighted by atomic mass is 10.1. The standard InChI is InChI=1S/C18H19N5O5/c1-27-14-13(25)11(7-24)28-18(14)23-9-21-12-15(19-8-20-16(12)23)22-17(26)10-5-3-2-4-6-10/h2-6,8-9,11,13-14,18,24-25H,7H2,1H3,(H,19,20,22,26)/t11?,13-,14?,18?/m0/s1. The van der Waals surface area contributed by atoms with Crippen molar-refractivity contribution in [3.05, 3.63) is 48.5 Å². The van der Waals surface area contributed by atoms with Gasteiger partial charge in [-0.05, 0) is 12.1 Å². The van der Waals surface area contributed by atoms with Crippen LogP contribution in [-0.2, 0) is 9.47 Å². The number of nitrogens with zero attached hydrogens (tertiary/aromatic N) is 4. The van der Waals surface area contributed by atoms with Crippen LogP contribution in [0.1, 0.15) is 16.6 Å². The van der Waals surface area contributed by atoms with E-state index in [4.69, 9.17) is 9.47 Å². The predicted molar refractivity (Wildman–Crippen MR) is 97.5 cm³/mol. The van der Waals surface area contributed by atoms with Crippen LogP contribution in [-0.4, -0.2) is 67.7 Å². The minimum Gasteiger partial charge on any atom is -0.394 e. The summed E-state index contributed by atoms with van der Waals surface area (Å²) in [6, 6.07) is 8.74. The van der Waals surface area contributed by atoms with Crippen molar-refractivity contribution >= 4 is 22.9 Å². The lowest BCUT2D eigenvalue weighted by Crippen LogP contribution is -2.34. The van der Waals surface area contributed by atoms with E-state index in [1.54, 1.807) is 28.8 Å². The number of ether oxygens (including phenoxy) is 2. The van der Waals surface area contributed by atoms with Gasteiger partial charge in [0.2, 0.25) is 0 Å². The number of aromatic nitrogens is 4. The SMILES string of the molecule is COC1C(n2cnc3c(NC(=O)c4ccccc4)ncnc32)OC(CO)[C@@H]1O. The highest BCUT2D eigenvalue weighted by Crippen LogP contribution is 2.33. The van der Waals surface area contributed by atoms with Gasteiger partial charge in [-0.15, -0.1) is 0 Å². The van der Waals surface area contributed by atoms with Crippen LogP contribution in [0.25, 0.3) is 11.2 Å². The molecule has 28 heavy (non-hydrogen) atoms. The van der Waals surface area contributed by atoms with Crippen LogP contribution >= 0.6 is 0 Å². The van der Waals surface area contributed by atoms with E-state index in [2.05, 4.69) is 20.3 Å². The van der Waals surface area contributed by atoms with Crippen LogP contribution in [0.3, 0.4) is 0 Å². The zero-order valence-corrected chi connectivity index (χ0v) is 15.0. The summed E-state index contributed by atoms with van der Waals surface area (Å²) in [5, 5.41) is 22.4. The maximum Gasteiger partial charge on any atom is 0.256 e. The zero-order valence-electron chi connectivity index (χ0n) is 15.0. The number of fused-ring (bicyclic) bond motifs is 1. The highest BCUT2D eigenvalue weighted by molar-refractivity contribution is 6.06. The molecule has 1 amide bonds. The number of nitrogens with one attached hydrogen (secondary N) is 1. The van der Waals surface area contributed by atoms with Gasteiger partial charge in [0.05, 0.1) is 12.9 Å². The van der Waals surface area contributed by atoms with E-state index in [-0.39, 0.29) is 18.3 Å². The van der Waals surface area contributed by atoms with E-state index >= 15 is 0 Å². The number of carbonyl (C=O) groups excluding carboxylic acids is 1. The Labute approximate surface area is 159 Å². The number of benzene rings is 1. The number of methoxy groups -OCH3 is 1. The zero-order chi connectivity index (χ0) is 19.7. The fourth-order valence-electron chi connectivity index (χ4n) is 3.25. The number of carbonyl (C=O) groups is 1. The van der Waals surface area contributed by atoms with Gasteiger partial charge >= 0.3 is 0 Å². The quantitative estimate of drug-likeness (QED) is 0.573. The minimum atomic E-state index is -1.00. The number of anilines is 1. The topological polar surface area (TPSA) is 132 Å². The summed E-state index contributed by atoms with van der Waals surface area (Å²) < 4.78 is 12.7. The molecule has 0 radical (unpaired) electrons. The first-order valence-corrected chi connectivity index (χ1v) is 8.65. The molecular weight excluding hydrogens is 366 g/mol. The van der Waals surface area contributed by atoms with Crippen LogP contribution < -0.4 is 5.32 Å². The molecule has 3 aromatic rings. The second kappa shape index (κ2) is 7.60. The fourth-order valence-corrected chi connectivity index (χ4v) is 3.25. The van der Waals surface area contributed by atoms with E-state index in [9.17, 15) is 15.0 Å². The summed E-state index contributed by atoms with van der Waals surface area (Å²) in [6.07, 6.45) is -0.469. The molecule has 4 atom stereocenters. The van der Waals surface area contributed by atoms with Crippen LogP contribution in [0.2, 0.25) is 0 Å². The van der Waals surface area contributed by atoms with Crippen molar-refractivity contribution in [1.29, 1.82) is 0 Å². The fraction of sp³-hybridized carbons (Fsp3) is 0.333. The number of hydrogen-bond acceptors (Lipinski definition) is 8. The monoisotopic (exact) mass is 385 g/mol. The van der Waals surface area contributed by atoms with Gasteiger partial charge in [-0.25, -0.2) is 15.0 Å². The van der Waals surface area contributed by atoms with Gasteiger partial charge in [-0.1, -0.05) is 18.2 Å².